The molecule has 0 fully saturated rings. The summed E-state index contributed by atoms with van der Waals surface area (Å²) in [4.78, 5) is 19.3. The van der Waals surface area contributed by atoms with Crippen LogP contribution in [-0.2, 0) is 0 Å². The normalized spacial score (nSPS) is 10.6. The first kappa shape index (κ1) is 11.7. The van der Waals surface area contributed by atoms with Gasteiger partial charge in [0.05, 0.1) is 11.0 Å². The highest BCUT2D eigenvalue weighted by Gasteiger charge is 2.10. The first-order chi connectivity index (χ1) is 9.22. The first-order valence-corrected chi connectivity index (χ1v) is 6.11. The van der Waals surface area contributed by atoms with Crippen LogP contribution >= 0.6 is 11.6 Å². The zero-order valence-corrected chi connectivity index (χ0v) is 10.6. The fourth-order valence-electron chi connectivity index (χ4n) is 1.84. The van der Waals surface area contributed by atoms with E-state index in [9.17, 15) is 4.79 Å². The van der Waals surface area contributed by atoms with E-state index in [2.05, 4.69) is 15.3 Å². The Morgan fingerprint density at radius 2 is 2.11 bits per heavy atom. The van der Waals surface area contributed by atoms with Gasteiger partial charge in [-0.05, 0) is 36.4 Å². The Morgan fingerprint density at radius 3 is 2.89 bits per heavy atom. The Labute approximate surface area is 114 Å². The highest BCUT2D eigenvalue weighted by Crippen LogP contribution is 2.17. The quantitative estimate of drug-likeness (QED) is 0.750. The first-order valence-electron chi connectivity index (χ1n) is 5.73. The fourth-order valence-corrected chi connectivity index (χ4v) is 2.03. The summed E-state index contributed by atoms with van der Waals surface area (Å²) in [6, 6.07) is 12.4. The molecule has 0 unspecified atom stereocenters. The van der Waals surface area contributed by atoms with Crippen molar-refractivity contribution in [3.63, 3.8) is 0 Å². The standard InChI is InChI=1S/C14H10ClN3O/c15-9-3-1-4-10(7-9)17-14(19)13-8-12-11(18-13)5-2-6-16-12/h1-8,18H,(H,17,19). The predicted molar refractivity (Wildman–Crippen MR) is 75.5 cm³/mol. The molecule has 94 valence electrons. The smallest absolute Gasteiger partial charge is 0.272 e. The molecule has 0 aliphatic rings. The van der Waals surface area contributed by atoms with Crippen LogP contribution in [0.15, 0.2) is 48.7 Å². The average Bonchev–Trinajstić information content (AvgIpc) is 2.82. The van der Waals surface area contributed by atoms with Crippen LogP contribution in [0.1, 0.15) is 10.5 Å². The van der Waals surface area contributed by atoms with Crippen LogP contribution in [0.2, 0.25) is 5.02 Å². The highest BCUT2D eigenvalue weighted by atomic mass is 35.5. The van der Waals surface area contributed by atoms with Crippen molar-refractivity contribution in [2.45, 2.75) is 0 Å². The lowest BCUT2D eigenvalue weighted by atomic mass is 10.3. The molecule has 2 aromatic heterocycles. The van der Waals surface area contributed by atoms with Crippen LogP contribution in [0.5, 0.6) is 0 Å². The van der Waals surface area contributed by atoms with E-state index >= 15 is 0 Å². The molecule has 2 heterocycles. The minimum absolute atomic E-state index is 0.222. The number of hydrogen-bond donors (Lipinski definition) is 2. The van der Waals surface area contributed by atoms with Gasteiger partial charge in [0.25, 0.3) is 5.91 Å². The second kappa shape index (κ2) is 4.74. The molecule has 0 radical (unpaired) electrons. The van der Waals surface area contributed by atoms with Crippen LogP contribution in [0.25, 0.3) is 11.0 Å². The van der Waals surface area contributed by atoms with Crippen molar-refractivity contribution in [3.05, 3.63) is 59.4 Å². The lowest BCUT2D eigenvalue weighted by molar-refractivity contribution is 0.102. The van der Waals surface area contributed by atoms with Gasteiger partial charge in [-0.25, -0.2) is 0 Å². The molecular weight excluding hydrogens is 262 g/mol. The van der Waals surface area contributed by atoms with E-state index in [-0.39, 0.29) is 5.91 Å². The topological polar surface area (TPSA) is 57.8 Å². The number of halogens is 1. The molecule has 0 aliphatic carbocycles. The number of hydrogen-bond acceptors (Lipinski definition) is 2. The zero-order valence-electron chi connectivity index (χ0n) is 9.85. The maximum atomic E-state index is 12.1. The Balaban J connectivity index is 1.87. The van der Waals surface area contributed by atoms with Gasteiger partial charge in [0.15, 0.2) is 0 Å². The van der Waals surface area contributed by atoms with Crippen LogP contribution in [-0.4, -0.2) is 15.9 Å². The van der Waals surface area contributed by atoms with Crippen LogP contribution in [0.3, 0.4) is 0 Å². The number of anilines is 1. The van der Waals surface area contributed by atoms with Gasteiger partial charge in [-0.2, -0.15) is 0 Å². The SMILES string of the molecule is O=C(Nc1cccc(Cl)c1)c1cc2ncccc2[nH]1. The average molecular weight is 272 g/mol. The summed E-state index contributed by atoms with van der Waals surface area (Å²) < 4.78 is 0. The van der Waals surface area contributed by atoms with E-state index in [0.29, 0.717) is 16.4 Å². The molecule has 0 saturated carbocycles. The maximum absolute atomic E-state index is 12.1. The van der Waals surface area contributed by atoms with E-state index in [1.165, 1.54) is 0 Å². The zero-order chi connectivity index (χ0) is 13.2. The van der Waals surface area contributed by atoms with Crippen molar-refractivity contribution in [2.24, 2.45) is 0 Å². The summed E-state index contributed by atoms with van der Waals surface area (Å²) in [6.45, 7) is 0. The van der Waals surface area contributed by atoms with Gasteiger partial charge in [0, 0.05) is 16.9 Å². The monoisotopic (exact) mass is 271 g/mol. The van der Waals surface area contributed by atoms with Gasteiger partial charge in [0.1, 0.15) is 5.69 Å². The minimum Gasteiger partial charge on any atom is -0.349 e. The molecule has 0 spiro atoms. The fraction of sp³-hybridized carbons (Fsp3) is 0. The molecule has 19 heavy (non-hydrogen) atoms. The molecule has 0 saturated heterocycles. The number of carbonyl (C=O) groups is 1. The largest absolute Gasteiger partial charge is 0.349 e. The van der Waals surface area contributed by atoms with Crippen LogP contribution in [0, 0.1) is 0 Å². The number of benzene rings is 1. The Morgan fingerprint density at radius 1 is 1.21 bits per heavy atom. The van der Waals surface area contributed by atoms with Gasteiger partial charge >= 0.3 is 0 Å². The summed E-state index contributed by atoms with van der Waals surface area (Å²) in [5.74, 6) is -0.222. The van der Waals surface area contributed by atoms with Crippen molar-refractivity contribution in [3.8, 4) is 0 Å². The number of H-pyrrole nitrogens is 1. The van der Waals surface area contributed by atoms with E-state index in [4.69, 9.17) is 11.6 Å². The summed E-state index contributed by atoms with van der Waals surface area (Å²) in [6.07, 6.45) is 1.69. The number of pyridine rings is 1. The number of nitrogens with zero attached hydrogens (tertiary/aromatic N) is 1. The summed E-state index contributed by atoms with van der Waals surface area (Å²) >= 11 is 5.87. The molecule has 0 atom stereocenters. The second-order valence-corrected chi connectivity index (χ2v) is 4.52. The summed E-state index contributed by atoms with van der Waals surface area (Å²) in [5.41, 5.74) is 2.72. The van der Waals surface area contributed by atoms with Crippen molar-refractivity contribution < 1.29 is 4.79 Å². The Hall–Kier alpha value is -2.33. The maximum Gasteiger partial charge on any atom is 0.272 e. The van der Waals surface area contributed by atoms with E-state index in [0.717, 1.165) is 11.0 Å². The molecule has 5 heteroatoms. The Kier molecular flexibility index (Phi) is 2.93. The number of amides is 1. The van der Waals surface area contributed by atoms with E-state index < -0.39 is 0 Å². The molecular formula is C14H10ClN3O. The summed E-state index contributed by atoms with van der Waals surface area (Å²) in [5, 5.41) is 3.36. The van der Waals surface area contributed by atoms with Crippen LogP contribution in [0.4, 0.5) is 5.69 Å². The van der Waals surface area contributed by atoms with Crippen molar-refractivity contribution in [2.75, 3.05) is 5.32 Å². The molecule has 0 bridgehead atoms. The summed E-state index contributed by atoms with van der Waals surface area (Å²) in [7, 11) is 0. The van der Waals surface area contributed by atoms with Gasteiger partial charge in [-0.1, -0.05) is 17.7 Å². The molecule has 0 aliphatic heterocycles. The number of aromatic amines is 1. The number of fused-ring (bicyclic) bond motifs is 1. The van der Waals surface area contributed by atoms with Gasteiger partial charge < -0.3 is 10.3 Å². The van der Waals surface area contributed by atoms with E-state index in [1.807, 2.05) is 12.1 Å². The third kappa shape index (κ3) is 2.44. The van der Waals surface area contributed by atoms with Crippen molar-refractivity contribution >= 4 is 34.2 Å². The van der Waals surface area contributed by atoms with Gasteiger partial charge in [0.2, 0.25) is 0 Å². The van der Waals surface area contributed by atoms with Gasteiger partial charge in [-0.3, -0.25) is 9.78 Å². The van der Waals surface area contributed by atoms with E-state index in [1.54, 1.807) is 36.5 Å². The molecule has 3 aromatic rings. The number of aromatic nitrogens is 2. The molecule has 1 amide bonds. The predicted octanol–water partition coefficient (Wildman–Crippen LogP) is 3.47. The highest BCUT2D eigenvalue weighted by molar-refractivity contribution is 6.30. The number of nitrogens with one attached hydrogen (secondary N) is 2. The molecule has 1 aromatic carbocycles. The number of carbonyl (C=O) groups excluding carboxylic acids is 1. The third-order valence-electron chi connectivity index (χ3n) is 2.72. The van der Waals surface area contributed by atoms with Crippen molar-refractivity contribution in [1.29, 1.82) is 0 Å². The third-order valence-corrected chi connectivity index (χ3v) is 2.95. The molecule has 4 nitrogen and oxygen atoms in total. The molecule has 2 N–H and O–H groups in total. The minimum atomic E-state index is -0.222. The van der Waals surface area contributed by atoms with Crippen molar-refractivity contribution in [1.82, 2.24) is 9.97 Å². The number of rotatable bonds is 2. The Bertz CT molecular complexity index is 718. The van der Waals surface area contributed by atoms with Gasteiger partial charge in [-0.15, -0.1) is 0 Å². The lowest BCUT2D eigenvalue weighted by Gasteiger charge is -2.03. The second-order valence-electron chi connectivity index (χ2n) is 4.08. The van der Waals surface area contributed by atoms with Crippen LogP contribution < -0.4 is 5.32 Å². The lowest BCUT2D eigenvalue weighted by Crippen LogP contribution is -2.12. The molecule has 3 rings (SSSR count).